The molecule has 0 spiro atoms. The molecule has 4 aliphatic rings. The fourth-order valence-corrected chi connectivity index (χ4v) is 7.04. The minimum absolute atomic E-state index is 0.00948. The van der Waals surface area contributed by atoms with Gasteiger partial charge in [0.15, 0.2) is 0 Å². The van der Waals surface area contributed by atoms with Crippen molar-refractivity contribution in [3.63, 3.8) is 0 Å². The van der Waals surface area contributed by atoms with Crippen molar-refractivity contribution in [1.29, 1.82) is 0 Å². The van der Waals surface area contributed by atoms with Crippen LogP contribution in [0.5, 0.6) is 0 Å². The number of aromatic nitrogens is 1. The summed E-state index contributed by atoms with van der Waals surface area (Å²) in [6, 6.07) is 18.3. The van der Waals surface area contributed by atoms with Crippen LogP contribution in [0.15, 0.2) is 54.6 Å². The summed E-state index contributed by atoms with van der Waals surface area (Å²) < 4.78 is 0. The van der Waals surface area contributed by atoms with Gasteiger partial charge in [0.1, 0.15) is 0 Å². The zero-order chi connectivity index (χ0) is 20.3. The van der Waals surface area contributed by atoms with Crippen LogP contribution in [-0.2, 0) is 0 Å². The molecule has 4 fully saturated rings. The summed E-state index contributed by atoms with van der Waals surface area (Å²) in [5.74, 6) is 2.52. The summed E-state index contributed by atoms with van der Waals surface area (Å²) in [6.45, 7) is 2.05. The van der Waals surface area contributed by atoms with Crippen molar-refractivity contribution >= 4 is 16.8 Å². The van der Waals surface area contributed by atoms with E-state index in [0.29, 0.717) is 0 Å². The molecule has 1 aromatic heterocycles. The Hall–Kier alpha value is -2.68. The minimum Gasteiger partial charge on any atom is -0.347 e. The van der Waals surface area contributed by atoms with Crippen LogP contribution in [0.2, 0.25) is 0 Å². The van der Waals surface area contributed by atoms with E-state index in [2.05, 4.69) is 24.4 Å². The Bertz CT molecular complexity index is 1100. The van der Waals surface area contributed by atoms with E-state index in [9.17, 15) is 4.79 Å². The molecule has 152 valence electrons. The Morgan fingerprint density at radius 1 is 0.900 bits per heavy atom. The van der Waals surface area contributed by atoms with E-state index < -0.39 is 0 Å². The Labute approximate surface area is 177 Å². The summed E-state index contributed by atoms with van der Waals surface area (Å²) in [5.41, 5.74) is 4.64. The van der Waals surface area contributed by atoms with Crippen LogP contribution in [0.25, 0.3) is 22.2 Å². The second-order valence-electron chi connectivity index (χ2n) is 10.00. The molecule has 0 radical (unpaired) electrons. The van der Waals surface area contributed by atoms with Gasteiger partial charge in [0.2, 0.25) is 0 Å². The van der Waals surface area contributed by atoms with Gasteiger partial charge in [-0.05, 0) is 74.8 Å². The van der Waals surface area contributed by atoms with Crippen LogP contribution in [-0.4, -0.2) is 16.4 Å². The maximum atomic E-state index is 13.8. The van der Waals surface area contributed by atoms with Gasteiger partial charge >= 0.3 is 0 Å². The van der Waals surface area contributed by atoms with Gasteiger partial charge in [-0.1, -0.05) is 48.5 Å². The van der Waals surface area contributed by atoms with Crippen molar-refractivity contribution in [3.05, 3.63) is 65.7 Å². The lowest BCUT2D eigenvalue weighted by Crippen LogP contribution is -2.59. The van der Waals surface area contributed by atoms with E-state index in [1.165, 1.54) is 38.5 Å². The number of benzene rings is 2. The molecule has 4 saturated carbocycles. The van der Waals surface area contributed by atoms with Gasteiger partial charge in [-0.25, -0.2) is 4.98 Å². The van der Waals surface area contributed by atoms with Gasteiger partial charge < -0.3 is 5.32 Å². The van der Waals surface area contributed by atoms with Crippen LogP contribution >= 0.6 is 0 Å². The topological polar surface area (TPSA) is 42.0 Å². The summed E-state index contributed by atoms with van der Waals surface area (Å²) in [6.07, 6.45) is 7.63. The number of nitrogens with one attached hydrogen (secondary N) is 1. The number of fused-ring (bicyclic) bond motifs is 1. The smallest absolute Gasteiger partial charge is 0.252 e. The number of hydrogen-bond donors (Lipinski definition) is 1. The highest BCUT2D eigenvalue weighted by Crippen LogP contribution is 2.55. The second kappa shape index (κ2) is 6.66. The van der Waals surface area contributed by atoms with Crippen molar-refractivity contribution in [3.8, 4) is 11.3 Å². The van der Waals surface area contributed by atoms with E-state index in [0.717, 1.165) is 51.0 Å². The SMILES string of the molecule is Cc1c(-c2ccccc2)nc2ccccc2c1C(=O)NC12CC3CC(CC(C3)C1)C2. The lowest BCUT2D eigenvalue weighted by atomic mass is 9.53. The first-order valence-corrected chi connectivity index (χ1v) is 11.4. The number of carbonyl (C=O) groups is 1. The van der Waals surface area contributed by atoms with E-state index in [-0.39, 0.29) is 11.4 Å². The third kappa shape index (κ3) is 2.86. The molecule has 7 rings (SSSR count). The number of rotatable bonds is 3. The second-order valence-corrected chi connectivity index (χ2v) is 10.00. The van der Waals surface area contributed by atoms with Crippen LogP contribution in [0.3, 0.4) is 0 Å². The third-order valence-electron chi connectivity index (χ3n) is 7.83. The highest BCUT2D eigenvalue weighted by molar-refractivity contribution is 6.09. The number of para-hydroxylation sites is 1. The molecule has 4 aliphatic carbocycles. The summed E-state index contributed by atoms with van der Waals surface area (Å²) in [5, 5.41) is 4.54. The van der Waals surface area contributed by atoms with Crippen LogP contribution in [0, 0.1) is 24.7 Å². The molecule has 0 aliphatic heterocycles. The average Bonchev–Trinajstić information content (AvgIpc) is 2.72. The van der Waals surface area contributed by atoms with Gasteiger partial charge in [0.25, 0.3) is 5.91 Å². The molecule has 3 nitrogen and oxygen atoms in total. The molecular weight excluding hydrogens is 368 g/mol. The average molecular weight is 397 g/mol. The molecule has 2 aromatic carbocycles. The molecule has 1 amide bonds. The Morgan fingerprint density at radius 2 is 1.50 bits per heavy atom. The minimum atomic E-state index is 0.00948. The molecule has 3 aromatic rings. The summed E-state index contributed by atoms with van der Waals surface area (Å²) in [4.78, 5) is 18.7. The van der Waals surface area contributed by atoms with E-state index in [1.54, 1.807) is 0 Å². The fraction of sp³-hybridized carbons (Fsp3) is 0.407. The molecule has 0 atom stereocenters. The van der Waals surface area contributed by atoms with Gasteiger partial charge in [0.05, 0.1) is 16.8 Å². The first-order chi connectivity index (χ1) is 14.6. The number of carbonyl (C=O) groups excluding carboxylic acids is 1. The van der Waals surface area contributed by atoms with Gasteiger partial charge in [-0.15, -0.1) is 0 Å². The molecule has 30 heavy (non-hydrogen) atoms. The van der Waals surface area contributed by atoms with E-state index in [1.807, 2.05) is 42.5 Å². The van der Waals surface area contributed by atoms with Crippen molar-refractivity contribution in [2.45, 2.75) is 51.0 Å². The number of hydrogen-bond acceptors (Lipinski definition) is 2. The monoisotopic (exact) mass is 396 g/mol. The fourth-order valence-electron chi connectivity index (χ4n) is 7.04. The van der Waals surface area contributed by atoms with Crippen LogP contribution < -0.4 is 5.32 Å². The zero-order valence-electron chi connectivity index (χ0n) is 17.5. The van der Waals surface area contributed by atoms with Gasteiger partial charge in [0, 0.05) is 16.5 Å². The molecule has 0 unspecified atom stereocenters. The number of nitrogens with zero attached hydrogens (tertiary/aromatic N) is 1. The number of amides is 1. The first-order valence-electron chi connectivity index (χ1n) is 11.4. The van der Waals surface area contributed by atoms with Crippen molar-refractivity contribution in [1.82, 2.24) is 10.3 Å². The number of pyridine rings is 1. The van der Waals surface area contributed by atoms with Crippen molar-refractivity contribution in [2.75, 3.05) is 0 Å². The molecular formula is C27H28N2O. The molecule has 0 saturated heterocycles. The highest BCUT2D eigenvalue weighted by atomic mass is 16.1. The maximum Gasteiger partial charge on any atom is 0.252 e. The Kier molecular flexibility index (Phi) is 4.02. The highest BCUT2D eigenvalue weighted by Gasteiger charge is 2.51. The molecule has 1 N–H and O–H groups in total. The largest absolute Gasteiger partial charge is 0.347 e. The standard InChI is InChI=1S/C27H28N2O/c1-17-24(26(30)29-27-14-18-11-19(15-27)13-20(12-18)16-27)22-9-5-6-10-23(22)28-25(17)21-7-3-2-4-8-21/h2-10,18-20H,11-16H2,1H3,(H,29,30). The molecule has 1 heterocycles. The predicted molar refractivity (Wildman–Crippen MR) is 120 cm³/mol. The molecule has 4 bridgehead atoms. The Morgan fingerprint density at radius 3 is 2.17 bits per heavy atom. The van der Waals surface area contributed by atoms with Gasteiger partial charge in [-0.2, -0.15) is 0 Å². The normalized spacial score (nSPS) is 29.3. The predicted octanol–water partition coefficient (Wildman–Crippen LogP) is 5.91. The zero-order valence-corrected chi connectivity index (χ0v) is 17.5. The lowest BCUT2D eigenvalue weighted by Gasteiger charge is -2.56. The Balaban J connectivity index is 1.44. The van der Waals surface area contributed by atoms with Crippen molar-refractivity contribution < 1.29 is 4.79 Å². The lowest BCUT2D eigenvalue weighted by molar-refractivity contribution is -0.0166. The van der Waals surface area contributed by atoms with E-state index in [4.69, 9.17) is 4.98 Å². The van der Waals surface area contributed by atoms with Crippen LogP contribution in [0.1, 0.15) is 54.4 Å². The third-order valence-corrected chi connectivity index (χ3v) is 7.83. The summed E-state index contributed by atoms with van der Waals surface area (Å²) in [7, 11) is 0. The van der Waals surface area contributed by atoms with Crippen LogP contribution in [0.4, 0.5) is 0 Å². The quantitative estimate of drug-likeness (QED) is 0.598. The molecule has 3 heteroatoms. The van der Waals surface area contributed by atoms with Crippen molar-refractivity contribution in [2.24, 2.45) is 17.8 Å². The first kappa shape index (κ1) is 18.1. The maximum absolute atomic E-state index is 13.8. The van der Waals surface area contributed by atoms with E-state index >= 15 is 0 Å². The summed E-state index contributed by atoms with van der Waals surface area (Å²) >= 11 is 0. The van der Waals surface area contributed by atoms with Gasteiger partial charge in [-0.3, -0.25) is 4.79 Å².